The number of hydrogen-bond acceptors (Lipinski definition) is 5. The van der Waals surface area contributed by atoms with Gasteiger partial charge in [-0.3, -0.25) is 0 Å². The van der Waals surface area contributed by atoms with Crippen molar-refractivity contribution in [2.75, 3.05) is 13.7 Å². The zero-order valence-corrected chi connectivity index (χ0v) is 14.1. The van der Waals surface area contributed by atoms with E-state index >= 15 is 0 Å². The largest absolute Gasteiger partial charge is 0.378 e. The van der Waals surface area contributed by atoms with Crippen LogP contribution in [0.25, 0.3) is 0 Å². The Morgan fingerprint density at radius 2 is 2.21 bits per heavy atom. The third-order valence-corrected chi connectivity index (χ3v) is 5.50. The molecular weight excluding hydrogens is 276 g/mol. The van der Waals surface area contributed by atoms with Crippen LogP contribution in [-0.2, 0) is 23.6 Å². The van der Waals surface area contributed by atoms with Crippen molar-refractivity contribution in [3.05, 3.63) is 15.6 Å². The number of rotatable bonds is 10. The molecule has 0 amide bonds. The molecule has 1 unspecified atom stereocenters. The van der Waals surface area contributed by atoms with Gasteiger partial charge in [0.1, 0.15) is 5.01 Å². The fraction of sp³-hybridized carbons (Fsp3) is 0.786. The van der Waals surface area contributed by atoms with Crippen molar-refractivity contribution in [2.45, 2.75) is 57.8 Å². The molecule has 19 heavy (non-hydrogen) atoms. The minimum Gasteiger partial charge on any atom is -0.378 e. The number of methoxy groups -OCH3 is 1. The van der Waals surface area contributed by atoms with Crippen LogP contribution in [0.5, 0.6) is 0 Å². The first-order valence-corrected chi connectivity index (χ1v) is 8.86. The topological polar surface area (TPSA) is 34.2 Å². The number of ether oxygens (including phenoxy) is 1. The Labute approximate surface area is 125 Å². The summed E-state index contributed by atoms with van der Waals surface area (Å²) in [6.07, 6.45) is 2.38. The van der Waals surface area contributed by atoms with Gasteiger partial charge in [-0.05, 0) is 19.4 Å². The maximum absolute atomic E-state index is 5.24. The average Bonchev–Trinajstić information content (AvgIpc) is 2.79. The molecule has 0 spiro atoms. The van der Waals surface area contributed by atoms with Crippen LogP contribution in [0.2, 0.25) is 0 Å². The molecule has 0 saturated heterocycles. The first-order chi connectivity index (χ1) is 9.21. The Bertz CT molecular complexity index is 355. The lowest BCUT2D eigenvalue weighted by atomic mass is 10.3. The molecule has 0 aliphatic heterocycles. The quantitative estimate of drug-likeness (QED) is 0.666. The van der Waals surface area contributed by atoms with Crippen LogP contribution in [0.1, 0.15) is 49.2 Å². The van der Waals surface area contributed by atoms with E-state index in [1.165, 1.54) is 16.3 Å². The lowest BCUT2D eigenvalue weighted by molar-refractivity contribution is 0.181. The van der Waals surface area contributed by atoms with E-state index in [0.29, 0.717) is 11.9 Å². The second-order valence-electron chi connectivity index (χ2n) is 4.62. The fourth-order valence-electron chi connectivity index (χ4n) is 1.60. The Balaban J connectivity index is 2.59. The van der Waals surface area contributed by atoms with Gasteiger partial charge in [0, 0.05) is 29.5 Å². The van der Waals surface area contributed by atoms with E-state index in [1.54, 1.807) is 7.11 Å². The molecule has 1 rings (SSSR count). The van der Waals surface area contributed by atoms with Crippen molar-refractivity contribution in [2.24, 2.45) is 0 Å². The summed E-state index contributed by atoms with van der Waals surface area (Å²) in [5.41, 5.74) is 1.11. The summed E-state index contributed by atoms with van der Waals surface area (Å²) in [6, 6.07) is 0. The highest BCUT2D eigenvalue weighted by Crippen LogP contribution is 2.26. The van der Waals surface area contributed by atoms with Crippen LogP contribution in [0.3, 0.4) is 0 Å². The maximum Gasteiger partial charge on any atom is 0.103 e. The van der Waals surface area contributed by atoms with Crippen molar-refractivity contribution in [3.63, 3.8) is 0 Å². The molecule has 0 fully saturated rings. The van der Waals surface area contributed by atoms with Crippen LogP contribution in [0.4, 0.5) is 0 Å². The molecule has 1 aromatic heterocycles. The van der Waals surface area contributed by atoms with Crippen LogP contribution >= 0.6 is 23.1 Å². The van der Waals surface area contributed by atoms with E-state index in [-0.39, 0.29) is 0 Å². The number of aromatic nitrogens is 1. The number of thioether (sulfide) groups is 1. The first-order valence-electron chi connectivity index (χ1n) is 6.99. The predicted octanol–water partition coefficient (Wildman–Crippen LogP) is 3.82. The highest BCUT2D eigenvalue weighted by Gasteiger charge is 2.11. The average molecular weight is 303 g/mol. The van der Waals surface area contributed by atoms with Gasteiger partial charge in [-0.25, -0.2) is 4.98 Å². The van der Waals surface area contributed by atoms with Crippen molar-refractivity contribution in [1.82, 2.24) is 10.3 Å². The molecule has 1 heterocycles. The van der Waals surface area contributed by atoms with Crippen molar-refractivity contribution in [3.8, 4) is 0 Å². The van der Waals surface area contributed by atoms with Gasteiger partial charge in [0.25, 0.3) is 0 Å². The summed E-state index contributed by atoms with van der Waals surface area (Å²) in [7, 11) is 1.73. The summed E-state index contributed by atoms with van der Waals surface area (Å²) in [5.74, 6) is 1.02. The minimum absolute atomic E-state index is 0.619. The van der Waals surface area contributed by atoms with Crippen molar-refractivity contribution >= 4 is 23.1 Å². The molecule has 5 heteroatoms. The van der Waals surface area contributed by atoms with E-state index in [9.17, 15) is 0 Å². The van der Waals surface area contributed by atoms with E-state index in [2.05, 4.69) is 26.1 Å². The van der Waals surface area contributed by atoms with Crippen molar-refractivity contribution < 1.29 is 4.74 Å². The molecule has 0 aliphatic carbocycles. The lowest BCUT2D eigenvalue weighted by Gasteiger charge is -2.05. The van der Waals surface area contributed by atoms with Gasteiger partial charge in [0.05, 0.1) is 12.3 Å². The third-order valence-electron chi connectivity index (χ3n) is 2.88. The molecular formula is C14H26N2OS2. The van der Waals surface area contributed by atoms with E-state index in [1.807, 2.05) is 23.1 Å². The SMILES string of the molecule is CCCNCc1sc(CSC(C)CC)nc1COC. The highest BCUT2D eigenvalue weighted by molar-refractivity contribution is 7.99. The zero-order valence-electron chi connectivity index (χ0n) is 12.5. The molecule has 0 radical (unpaired) electrons. The molecule has 1 aromatic rings. The second-order valence-corrected chi connectivity index (χ2v) is 7.21. The number of thiazole rings is 1. The van der Waals surface area contributed by atoms with Crippen molar-refractivity contribution in [1.29, 1.82) is 0 Å². The summed E-state index contributed by atoms with van der Waals surface area (Å²) in [5, 5.41) is 5.38. The van der Waals surface area contributed by atoms with E-state index in [0.717, 1.165) is 31.0 Å². The van der Waals surface area contributed by atoms with E-state index < -0.39 is 0 Å². The normalized spacial score (nSPS) is 12.8. The third kappa shape index (κ3) is 6.25. The first kappa shape index (κ1) is 17.0. The molecule has 3 nitrogen and oxygen atoms in total. The lowest BCUT2D eigenvalue weighted by Crippen LogP contribution is -2.14. The molecule has 0 saturated carbocycles. The summed E-state index contributed by atoms with van der Waals surface area (Å²) in [4.78, 5) is 6.05. The van der Waals surface area contributed by atoms with Gasteiger partial charge in [-0.1, -0.05) is 20.8 Å². The predicted molar refractivity (Wildman–Crippen MR) is 85.9 cm³/mol. The maximum atomic E-state index is 5.24. The zero-order chi connectivity index (χ0) is 14.1. The van der Waals surface area contributed by atoms with Crippen LogP contribution in [-0.4, -0.2) is 23.9 Å². The molecule has 1 atom stereocenters. The summed E-state index contributed by atoms with van der Waals surface area (Å²) in [6.45, 7) is 9.28. The van der Waals surface area contributed by atoms with Gasteiger partial charge in [-0.2, -0.15) is 11.8 Å². The highest BCUT2D eigenvalue weighted by atomic mass is 32.2. The monoisotopic (exact) mass is 302 g/mol. The van der Waals surface area contributed by atoms with Gasteiger partial charge >= 0.3 is 0 Å². The van der Waals surface area contributed by atoms with Crippen LogP contribution < -0.4 is 5.32 Å². The Morgan fingerprint density at radius 1 is 1.42 bits per heavy atom. The molecule has 1 N–H and O–H groups in total. The number of nitrogens with one attached hydrogen (secondary N) is 1. The smallest absolute Gasteiger partial charge is 0.103 e. The Kier molecular flexibility index (Phi) is 8.70. The second kappa shape index (κ2) is 9.75. The molecule has 0 aromatic carbocycles. The van der Waals surface area contributed by atoms with Gasteiger partial charge < -0.3 is 10.1 Å². The van der Waals surface area contributed by atoms with Gasteiger partial charge in [0.15, 0.2) is 0 Å². The standard InChI is InChI=1S/C14H26N2OS2/c1-5-7-15-8-13-12(9-17-4)16-14(19-13)10-18-11(3)6-2/h11,15H,5-10H2,1-4H3. The summed E-state index contributed by atoms with van der Waals surface area (Å²) >= 11 is 3.81. The van der Waals surface area contributed by atoms with Gasteiger partial charge in [0.2, 0.25) is 0 Å². The van der Waals surface area contributed by atoms with Gasteiger partial charge in [-0.15, -0.1) is 11.3 Å². The molecule has 0 bridgehead atoms. The Morgan fingerprint density at radius 3 is 2.84 bits per heavy atom. The number of nitrogens with zero attached hydrogens (tertiary/aromatic N) is 1. The number of hydrogen-bond donors (Lipinski definition) is 1. The summed E-state index contributed by atoms with van der Waals surface area (Å²) < 4.78 is 5.24. The Hall–Kier alpha value is -0.100. The van der Waals surface area contributed by atoms with Crippen LogP contribution in [0, 0.1) is 0 Å². The molecule has 0 aliphatic rings. The fourth-order valence-corrected chi connectivity index (χ4v) is 3.60. The van der Waals surface area contributed by atoms with Crippen LogP contribution in [0.15, 0.2) is 0 Å². The van der Waals surface area contributed by atoms with E-state index in [4.69, 9.17) is 9.72 Å². The molecule has 110 valence electrons. The minimum atomic E-state index is 0.619.